The van der Waals surface area contributed by atoms with Crippen LogP contribution < -0.4 is 9.64 Å². The van der Waals surface area contributed by atoms with E-state index in [9.17, 15) is 0 Å². The first-order valence-electron chi connectivity index (χ1n) is 9.04. The molecule has 0 bridgehead atoms. The molecule has 0 saturated heterocycles. The summed E-state index contributed by atoms with van der Waals surface area (Å²) in [5.74, 6) is 0.646. The molecule has 0 saturated carbocycles. The molecule has 0 aliphatic carbocycles. The van der Waals surface area contributed by atoms with Crippen molar-refractivity contribution in [2.24, 2.45) is 0 Å². The molecule has 0 radical (unpaired) electrons. The normalized spacial score (nSPS) is 13.4. The van der Waals surface area contributed by atoms with Crippen LogP contribution in [0.3, 0.4) is 0 Å². The van der Waals surface area contributed by atoms with Crippen LogP contribution in [0, 0.1) is 6.92 Å². The van der Waals surface area contributed by atoms with Gasteiger partial charge in [-0.2, -0.15) is 0 Å². The van der Waals surface area contributed by atoms with Crippen molar-refractivity contribution >= 4 is 5.69 Å². The van der Waals surface area contributed by atoms with Gasteiger partial charge in [0.15, 0.2) is 0 Å². The van der Waals surface area contributed by atoms with Gasteiger partial charge in [0.25, 0.3) is 0 Å². The van der Waals surface area contributed by atoms with Gasteiger partial charge in [-0.05, 0) is 55.2 Å². The molecule has 132 valence electrons. The van der Waals surface area contributed by atoms with E-state index in [4.69, 9.17) is 4.74 Å². The van der Waals surface area contributed by atoms with E-state index in [1.54, 1.807) is 0 Å². The Labute approximate surface area is 154 Å². The van der Waals surface area contributed by atoms with Crippen molar-refractivity contribution in [1.29, 1.82) is 0 Å². The molecule has 3 heterocycles. The van der Waals surface area contributed by atoms with E-state index >= 15 is 0 Å². The van der Waals surface area contributed by atoms with E-state index in [1.807, 2.05) is 37.5 Å². The summed E-state index contributed by atoms with van der Waals surface area (Å²) in [5.41, 5.74) is 7.09. The van der Waals surface area contributed by atoms with Crippen LogP contribution in [0.1, 0.15) is 23.2 Å². The summed E-state index contributed by atoms with van der Waals surface area (Å²) in [6, 6.07) is 14.7. The molecule has 3 aromatic rings. The van der Waals surface area contributed by atoms with Gasteiger partial charge < -0.3 is 9.64 Å². The Bertz CT molecular complexity index is 923. The molecule has 1 aliphatic rings. The number of ether oxygens (including phenoxy) is 1. The first-order chi connectivity index (χ1) is 12.7. The lowest BCUT2D eigenvalue weighted by Gasteiger charge is -2.27. The molecule has 0 amide bonds. The second kappa shape index (κ2) is 7.16. The second-order valence-electron chi connectivity index (χ2n) is 6.86. The Kier molecular flexibility index (Phi) is 4.57. The van der Waals surface area contributed by atoms with E-state index in [0.717, 1.165) is 29.8 Å². The number of nitrogens with zero attached hydrogens (tertiary/aromatic N) is 3. The molecule has 4 heteroatoms. The maximum Gasteiger partial charge on any atom is 0.213 e. The van der Waals surface area contributed by atoms with E-state index in [0.29, 0.717) is 12.5 Å². The van der Waals surface area contributed by atoms with Gasteiger partial charge >= 0.3 is 0 Å². The Morgan fingerprint density at radius 1 is 1.08 bits per heavy atom. The number of aryl methyl sites for hydroxylation is 2. The zero-order valence-electron chi connectivity index (χ0n) is 15.3. The maximum atomic E-state index is 5.81. The predicted molar refractivity (Wildman–Crippen MR) is 105 cm³/mol. The fourth-order valence-corrected chi connectivity index (χ4v) is 3.44. The fourth-order valence-electron chi connectivity index (χ4n) is 3.44. The molecule has 4 rings (SSSR count). The van der Waals surface area contributed by atoms with E-state index in [-0.39, 0.29) is 0 Å². The molecule has 26 heavy (non-hydrogen) atoms. The lowest BCUT2D eigenvalue weighted by molar-refractivity contribution is 0.293. The van der Waals surface area contributed by atoms with Crippen LogP contribution in [0.5, 0.6) is 5.88 Å². The molecule has 0 spiro atoms. The average Bonchev–Trinajstić information content (AvgIpc) is 2.67. The Morgan fingerprint density at radius 3 is 2.88 bits per heavy atom. The van der Waals surface area contributed by atoms with Crippen LogP contribution in [0.25, 0.3) is 11.1 Å². The first kappa shape index (κ1) is 16.6. The monoisotopic (exact) mass is 345 g/mol. The van der Waals surface area contributed by atoms with E-state index < -0.39 is 0 Å². The van der Waals surface area contributed by atoms with Gasteiger partial charge in [-0.25, -0.2) is 4.98 Å². The van der Waals surface area contributed by atoms with Gasteiger partial charge in [0, 0.05) is 54.6 Å². The number of pyridine rings is 2. The molecule has 2 aromatic heterocycles. The Morgan fingerprint density at radius 2 is 2.00 bits per heavy atom. The molecule has 1 aliphatic heterocycles. The molecule has 1 aromatic carbocycles. The number of aromatic nitrogens is 2. The molecule has 0 unspecified atom stereocenters. The fraction of sp³-hybridized carbons (Fsp3) is 0.273. The number of fused-ring (bicyclic) bond motifs is 1. The number of hydrogen-bond acceptors (Lipinski definition) is 4. The minimum absolute atomic E-state index is 0.463. The number of anilines is 1. The summed E-state index contributed by atoms with van der Waals surface area (Å²) >= 11 is 0. The third-order valence-corrected chi connectivity index (χ3v) is 4.81. The van der Waals surface area contributed by atoms with Gasteiger partial charge in [0.1, 0.15) is 6.61 Å². The zero-order valence-corrected chi connectivity index (χ0v) is 15.3. The van der Waals surface area contributed by atoms with E-state index in [1.165, 1.54) is 23.2 Å². The smallest absolute Gasteiger partial charge is 0.213 e. The van der Waals surface area contributed by atoms with E-state index in [2.05, 4.69) is 46.2 Å². The van der Waals surface area contributed by atoms with Crippen LogP contribution in [-0.2, 0) is 13.0 Å². The maximum absolute atomic E-state index is 5.81. The predicted octanol–water partition coefficient (Wildman–Crippen LogP) is 4.41. The first-order valence-corrected chi connectivity index (χ1v) is 9.04. The average molecular weight is 345 g/mol. The third-order valence-electron chi connectivity index (χ3n) is 4.81. The van der Waals surface area contributed by atoms with Crippen molar-refractivity contribution in [3.05, 3.63) is 71.7 Å². The third kappa shape index (κ3) is 3.54. The van der Waals surface area contributed by atoms with Crippen molar-refractivity contribution in [3.63, 3.8) is 0 Å². The summed E-state index contributed by atoms with van der Waals surface area (Å²) in [7, 11) is 2.16. The Balaban J connectivity index is 1.54. The quantitative estimate of drug-likeness (QED) is 0.702. The zero-order chi connectivity index (χ0) is 17.9. The van der Waals surface area contributed by atoms with Crippen molar-refractivity contribution < 1.29 is 4.74 Å². The highest BCUT2D eigenvalue weighted by molar-refractivity contribution is 5.69. The summed E-state index contributed by atoms with van der Waals surface area (Å²) in [6.07, 6.45) is 6.12. The minimum atomic E-state index is 0.463. The number of rotatable bonds is 4. The molecular formula is C22H23N3O. The second-order valence-corrected chi connectivity index (χ2v) is 6.86. The SMILES string of the molecule is Cc1cccc(OCc2cncc(-c3ccc4c(c3)CCCN4C)c2)n1. The highest BCUT2D eigenvalue weighted by Gasteiger charge is 2.14. The number of benzene rings is 1. The molecule has 4 nitrogen and oxygen atoms in total. The van der Waals surface area contributed by atoms with Crippen LogP contribution in [0.4, 0.5) is 5.69 Å². The highest BCUT2D eigenvalue weighted by Crippen LogP contribution is 2.31. The molecule has 0 fully saturated rings. The molecular weight excluding hydrogens is 322 g/mol. The molecule has 0 atom stereocenters. The lowest BCUT2D eigenvalue weighted by atomic mass is 9.97. The Hall–Kier alpha value is -2.88. The van der Waals surface area contributed by atoms with Crippen molar-refractivity contribution in [2.45, 2.75) is 26.4 Å². The lowest BCUT2D eigenvalue weighted by Crippen LogP contribution is -2.24. The van der Waals surface area contributed by atoms with Crippen molar-refractivity contribution in [3.8, 4) is 17.0 Å². The summed E-state index contributed by atoms with van der Waals surface area (Å²) in [5, 5.41) is 0. The van der Waals surface area contributed by atoms with Crippen molar-refractivity contribution in [1.82, 2.24) is 9.97 Å². The van der Waals surface area contributed by atoms with Gasteiger partial charge in [-0.3, -0.25) is 4.98 Å². The van der Waals surface area contributed by atoms with Crippen LogP contribution >= 0.6 is 0 Å². The van der Waals surface area contributed by atoms with Crippen LogP contribution in [-0.4, -0.2) is 23.6 Å². The van der Waals surface area contributed by atoms with Gasteiger partial charge in [-0.1, -0.05) is 12.1 Å². The standard InChI is InChI=1S/C22H23N3O/c1-16-5-3-7-22(24-16)26-15-17-11-20(14-23-13-17)18-8-9-21-19(12-18)6-4-10-25(21)2/h3,5,7-9,11-14H,4,6,10,15H2,1-2H3. The highest BCUT2D eigenvalue weighted by atomic mass is 16.5. The molecule has 0 N–H and O–H groups in total. The topological polar surface area (TPSA) is 38.2 Å². The summed E-state index contributed by atoms with van der Waals surface area (Å²) in [6.45, 7) is 3.56. The van der Waals surface area contributed by atoms with Crippen molar-refractivity contribution in [2.75, 3.05) is 18.5 Å². The van der Waals surface area contributed by atoms with Gasteiger partial charge in [0.05, 0.1) is 0 Å². The largest absolute Gasteiger partial charge is 0.473 e. The minimum Gasteiger partial charge on any atom is -0.473 e. The van der Waals surface area contributed by atoms with Gasteiger partial charge in [0.2, 0.25) is 5.88 Å². The number of hydrogen-bond donors (Lipinski definition) is 0. The van der Waals surface area contributed by atoms with Gasteiger partial charge in [-0.15, -0.1) is 0 Å². The van der Waals surface area contributed by atoms with Crippen LogP contribution in [0.2, 0.25) is 0 Å². The summed E-state index contributed by atoms with van der Waals surface area (Å²) < 4.78 is 5.81. The summed E-state index contributed by atoms with van der Waals surface area (Å²) in [4.78, 5) is 11.1. The van der Waals surface area contributed by atoms with Crippen LogP contribution in [0.15, 0.2) is 54.9 Å².